The van der Waals surface area contributed by atoms with Crippen molar-refractivity contribution in [3.8, 4) is 0 Å². The number of sulfonamides is 1. The second-order valence-corrected chi connectivity index (χ2v) is 8.56. The highest BCUT2D eigenvalue weighted by molar-refractivity contribution is 7.89. The van der Waals surface area contributed by atoms with Crippen LogP contribution in [0.15, 0.2) is 53.4 Å². The van der Waals surface area contributed by atoms with E-state index in [0.717, 1.165) is 34.8 Å². The lowest BCUT2D eigenvalue weighted by molar-refractivity contribution is -0.132. The maximum absolute atomic E-state index is 13.1. The van der Waals surface area contributed by atoms with Crippen molar-refractivity contribution in [1.82, 2.24) is 9.21 Å². The SMILES string of the molecule is CN(CC(=O)N1CCCC1c1ccc(F)cc1)S(=O)(=O)c1ccc(F)cc1. The number of rotatable bonds is 5. The molecular formula is C19H20F2N2O3S. The number of likely N-dealkylation sites (N-methyl/N-ethyl adjacent to an activating group) is 1. The van der Waals surface area contributed by atoms with E-state index in [-0.39, 0.29) is 29.2 Å². The molecule has 1 aliphatic rings. The Morgan fingerprint density at radius 3 is 2.22 bits per heavy atom. The zero-order valence-corrected chi connectivity index (χ0v) is 15.6. The smallest absolute Gasteiger partial charge is 0.243 e. The Balaban J connectivity index is 1.73. The van der Waals surface area contributed by atoms with Crippen molar-refractivity contribution in [3.63, 3.8) is 0 Å². The van der Waals surface area contributed by atoms with Crippen molar-refractivity contribution in [3.05, 3.63) is 65.7 Å². The molecule has 0 radical (unpaired) electrons. The molecule has 2 aromatic rings. The molecule has 1 unspecified atom stereocenters. The van der Waals surface area contributed by atoms with Crippen LogP contribution in [-0.2, 0) is 14.8 Å². The average molecular weight is 394 g/mol. The Bertz CT molecular complexity index is 915. The fourth-order valence-electron chi connectivity index (χ4n) is 3.25. The summed E-state index contributed by atoms with van der Waals surface area (Å²) in [4.78, 5) is 14.3. The predicted molar refractivity (Wildman–Crippen MR) is 96.3 cm³/mol. The zero-order chi connectivity index (χ0) is 19.6. The number of carbonyl (C=O) groups is 1. The molecule has 3 rings (SSSR count). The van der Waals surface area contributed by atoms with Crippen molar-refractivity contribution in [2.24, 2.45) is 0 Å². The fourth-order valence-corrected chi connectivity index (χ4v) is 4.37. The van der Waals surface area contributed by atoms with Crippen LogP contribution in [0.5, 0.6) is 0 Å². The lowest BCUT2D eigenvalue weighted by Gasteiger charge is -2.27. The van der Waals surface area contributed by atoms with E-state index >= 15 is 0 Å². The van der Waals surface area contributed by atoms with Crippen LogP contribution in [0.1, 0.15) is 24.4 Å². The molecule has 0 N–H and O–H groups in total. The summed E-state index contributed by atoms with van der Waals surface area (Å²) in [5, 5.41) is 0. The summed E-state index contributed by atoms with van der Waals surface area (Å²) in [6.45, 7) is 0.197. The third kappa shape index (κ3) is 4.17. The highest BCUT2D eigenvalue weighted by Crippen LogP contribution is 2.32. The molecule has 0 aliphatic carbocycles. The van der Waals surface area contributed by atoms with Gasteiger partial charge in [0.15, 0.2) is 0 Å². The van der Waals surface area contributed by atoms with E-state index in [1.54, 1.807) is 17.0 Å². The summed E-state index contributed by atoms with van der Waals surface area (Å²) in [6.07, 6.45) is 1.54. The third-order valence-electron chi connectivity index (χ3n) is 4.71. The van der Waals surface area contributed by atoms with E-state index in [2.05, 4.69) is 0 Å². The normalized spacial score (nSPS) is 17.5. The van der Waals surface area contributed by atoms with Gasteiger partial charge in [-0.25, -0.2) is 17.2 Å². The van der Waals surface area contributed by atoms with E-state index in [1.807, 2.05) is 0 Å². The number of halogens is 2. The molecule has 0 spiro atoms. The van der Waals surface area contributed by atoms with Gasteiger partial charge in [-0.1, -0.05) is 12.1 Å². The van der Waals surface area contributed by atoms with Gasteiger partial charge in [0.2, 0.25) is 15.9 Å². The number of benzene rings is 2. The highest BCUT2D eigenvalue weighted by Gasteiger charge is 2.32. The second-order valence-electron chi connectivity index (χ2n) is 6.51. The molecule has 144 valence electrons. The van der Waals surface area contributed by atoms with Gasteiger partial charge in [-0.2, -0.15) is 4.31 Å². The van der Waals surface area contributed by atoms with Gasteiger partial charge in [0.05, 0.1) is 17.5 Å². The fraction of sp³-hybridized carbons (Fsp3) is 0.316. The quantitative estimate of drug-likeness (QED) is 0.784. The molecule has 27 heavy (non-hydrogen) atoms. The highest BCUT2D eigenvalue weighted by atomic mass is 32.2. The third-order valence-corrected chi connectivity index (χ3v) is 6.53. The first-order valence-corrected chi connectivity index (χ1v) is 10.00. The van der Waals surface area contributed by atoms with Crippen LogP contribution in [0.2, 0.25) is 0 Å². The van der Waals surface area contributed by atoms with Crippen LogP contribution in [0.25, 0.3) is 0 Å². The van der Waals surface area contributed by atoms with Crippen LogP contribution in [0.4, 0.5) is 8.78 Å². The van der Waals surface area contributed by atoms with Crippen LogP contribution >= 0.6 is 0 Å². The lowest BCUT2D eigenvalue weighted by Crippen LogP contribution is -2.40. The Hall–Kier alpha value is -2.32. The van der Waals surface area contributed by atoms with Crippen molar-refractivity contribution in [2.45, 2.75) is 23.8 Å². The van der Waals surface area contributed by atoms with Gasteiger partial charge in [0, 0.05) is 13.6 Å². The van der Waals surface area contributed by atoms with E-state index in [0.29, 0.717) is 6.54 Å². The molecule has 0 bridgehead atoms. The summed E-state index contributed by atoms with van der Waals surface area (Å²) >= 11 is 0. The largest absolute Gasteiger partial charge is 0.335 e. The van der Waals surface area contributed by atoms with Crippen molar-refractivity contribution >= 4 is 15.9 Å². The molecule has 1 heterocycles. The molecule has 8 heteroatoms. The number of carbonyl (C=O) groups excluding carboxylic acids is 1. The maximum atomic E-state index is 13.1. The second kappa shape index (κ2) is 7.74. The van der Waals surface area contributed by atoms with Crippen molar-refractivity contribution in [2.75, 3.05) is 20.1 Å². The zero-order valence-electron chi connectivity index (χ0n) is 14.8. The van der Waals surface area contributed by atoms with E-state index in [9.17, 15) is 22.0 Å². The number of likely N-dealkylation sites (tertiary alicyclic amines) is 1. The summed E-state index contributed by atoms with van der Waals surface area (Å²) in [6, 6.07) is 10.3. The number of nitrogens with zero attached hydrogens (tertiary/aromatic N) is 2. The topological polar surface area (TPSA) is 57.7 Å². The van der Waals surface area contributed by atoms with Gasteiger partial charge < -0.3 is 4.90 Å². The molecule has 1 atom stereocenters. The van der Waals surface area contributed by atoms with Gasteiger partial charge in [-0.05, 0) is 54.8 Å². The van der Waals surface area contributed by atoms with Crippen LogP contribution in [-0.4, -0.2) is 43.7 Å². The van der Waals surface area contributed by atoms with Gasteiger partial charge in [-0.15, -0.1) is 0 Å². The van der Waals surface area contributed by atoms with Crippen molar-refractivity contribution in [1.29, 1.82) is 0 Å². The molecule has 1 saturated heterocycles. The van der Waals surface area contributed by atoms with Crippen LogP contribution in [0, 0.1) is 11.6 Å². The molecule has 1 fully saturated rings. The molecule has 2 aromatic carbocycles. The Morgan fingerprint density at radius 1 is 1.07 bits per heavy atom. The van der Waals surface area contributed by atoms with Gasteiger partial charge in [-0.3, -0.25) is 4.79 Å². The van der Waals surface area contributed by atoms with E-state index in [4.69, 9.17) is 0 Å². The summed E-state index contributed by atoms with van der Waals surface area (Å²) in [5.74, 6) is -1.21. The number of hydrogen-bond acceptors (Lipinski definition) is 3. The van der Waals surface area contributed by atoms with Gasteiger partial charge >= 0.3 is 0 Å². The summed E-state index contributed by atoms with van der Waals surface area (Å²) in [7, 11) is -2.58. The Morgan fingerprint density at radius 2 is 1.63 bits per heavy atom. The number of hydrogen-bond donors (Lipinski definition) is 0. The summed E-state index contributed by atoms with van der Waals surface area (Å²) < 4.78 is 52.3. The van der Waals surface area contributed by atoms with E-state index in [1.165, 1.54) is 31.3 Å². The predicted octanol–water partition coefficient (Wildman–Crippen LogP) is 2.95. The van der Waals surface area contributed by atoms with Crippen LogP contribution in [0.3, 0.4) is 0 Å². The monoisotopic (exact) mass is 394 g/mol. The Kier molecular flexibility index (Phi) is 5.57. The first-order valence-electron chi connectivity index (χ1n) is 8.56. The number of amides is 1. The van der Waals surface area contributed by atoms with Gasteiger partial charge in [0.1, 0.15) is 11.6 Å². The van der Waals surface area contributed by atoms with Crippen LogP contribution < -0.4 is 0 Å². The average Bonchev–Trinajstić information content (AvgIpc) is 3.12. The minimum atomic E-state index is -3.90. The summed E-state index contributed by atoms with van der Waals surface area (Å²) in [5.41, 5.74) is 0.825. The minimum Gasteiger partial charge on any atom is -0.335 e. The molecule has 1 amide bonds. The standard InChI is InChI=1S/C19H20F2N2O3S/c1-22(27(25,26)17-10-8-16(21)9-11-17)13-19(24)23-12-2-3-18(23)14-4-6-15(20)7-5-14/h4-11,18H,2-3,12-13H2,1H3. The van der Waals surface area contributed by atoms with E-state index < -0.39 is 15.8 Å². The Labute approximate surface area is 157 Å². The first kappa shape index (κ1) is 19.4. The molecule has 5 nitrogen and oxygen atoms in total. The van der Waals surface area contributed by atoms with Gasteiger partial charge in [0.25, 0.3) is 0 Å². The van der Waals surface area contributed by atoms with Crippen molar-refractivity contribution < 1.29 is 22.0 Å². The molecule has 0 aromatic heterocycles. The lowest BCUT2D eigenvalue weighted by atomic mass is 10.0. The molecular weight excluding hydrogens is 374 g/mol. The minimum absolute atomic E-state index is 0.0734. The molecule has 1 aliphatic heterocycles. The first-order chi connectivity index (χ1) is 12.8. The maximum Gasteiger partial charge on any atom is 0.243 e. The molecule has 0 saturated carbocycles.